The zero-order valence-electron chi connectivity index (χ0n) is 13.1. The maximum absolute atomic E-state index is 6.25. The van der Waals surface area contributed by atoms with E-state index in [1.807, 2.05) is 30.5 Å². The summed E-state index contributed by atoms with van der Waals surface area (Å²) in [6.45, 7) is 16.0. The molecular weight excluding hydrogens is 302 g/mol. The largest absolute Gasteiger partial charge is 0.415 e. The van der Waals surface area contributed by atoms with Gasteiger partial charge in [0.05, 0.1) is 11.9 Å². The predicted molar refractivity (Wildman–Crippen MR) is 94.8 cm³/mol. The fourth-order valence-electron chi connectivity index (χ4n) is 1.15. The highest BCUT2D eigenvalue weighted by Crippen LogP contribution is 2.38. The summed E-state index contributed by atoms with van der Waals surface area (Å²) in [6, 6.07) is 5.96. The molecule has 0 aliphatic carbocycles. The molecule has 0 aromatic carbocycles. The first kappa shape index (κ1) is 17.8. The van der Waals surface area contributed by atoms with Crippen LogP contribution >= 0.6 is 21.6 Å². The van der Waals surface area contributed by atoms with Crippen LogP contribution in [0.15, 0.2) is 42.1 Å². The van der Waals surface area contributed by atoms with Crippen molar-refractivity contribution in [3.63, 3.8) is 0 Å². The average Bonchev–Trinajstić information content (AvgIpc) is 2.39. The van der Waals surface area contributed by atoms with Gasteiger partial charge in [-0.3, -0.25) is 0 Å². The lowest BCUT2D eigenvalue weighted by atomic mass is 10.2. The van der Waals surface area contributed by atoms with Crippen molar-refractivity contribution in [3.05, 3.63) is 37.1 Å². The lowest BCUT2D eigenvalue weighted by molar-refractivity contribution is 0.298. The number of hydrogen-bond donors (Lipinski definition) is 0. The van der Waals surface area contributed by atoms with E-state index in [2.05, 4.69) is 45.4 Å². The number of hydrogen-bond acceptors (Lipinski definition) is 4. The van der Waals surface area contributed by atoms with Crippen LogP contribution < -0.4 is 0 Å². The Labute approximate surface area is 132 Å². The van der Waals surface area contributed by atoms with Gasteiger partial charge in [-0.25, -0.2) is 4.98 Å². The molecule has 0 spiro atoms. The molecule has 5 heteroatoms. The maximum atomic E-state index is 6.25. The zero-order valence-corrected chi connectivity index (χ0v) is 15.7. The summed E-state index contributed by atoms with van der Waals surface area (Å²) in [5, 5.41) is 1.56. The van der Waals surface area contributed by atoms with Crippen LogP contribution in [0.5, 0.6) is 0 Å². The van der Waals surface area contributed by atoms with Crippen molar-refractivity contribution in [1.82, 2.24) is 4.98 Å². The molecule has 0 aliphatic heterocycles. The topological polar surface area (TPSA) is 22.1 Å². The van der Waals surface area contributed by atoms with Crippen LogP contribution in [0.3, 0.4) is 0 Å². The molecule has 1 aromatic rings. The minimum atomic E-state index is -1.68. The van der Waals surface area contributed by atoms with Gasteiger partial charge in [0.25, 0.3) is 0 Å². The Kier molecular flexibility index (Phi) is 6.85. The predicted octanol–water partition coefficient (Wildman–Crippen LogP) is 5.40. The van der Waals surface area contributed by atoms with E-state index in [4.69, 9.17) is 4.43 Å². The normalized spacial score (nSPS) is 14.1. The minimum Gasteiger partial charge on any atom is -0.415 e. The lowest BCUT2D eigenvalue weighted by Crippen LogP contribution is -2.42. The molecular formula is C15H25NOS2Si. The fraction of sp³-hybridized carbons (Fsp3) is 0.533. The maximum Gasteiger partial charge on any atom is 0.192 e. The van der Waals surface area contributed by atoms with E-state index in [1.165, 1.54) is 0 Å². The van der Waals surface area contributed by atoms with Crippen molar-refractivity contribution in [2.24, 2.45) is 0 Å². The molecule has 1 atom stereocenters. The van der Waals surface area contributed by atoms with Crippen LogP contribution in [0.2, 0.25) is 18.1 Å². The molecule has 0 saturated carbocycles. The van der Waals surface area contributed by atoms with Gasteiger partial charge in [0.1, 0.15) is 5.03 Å². The summed E-state index contributed by atoms with van der Waals surface area (Å²) >= 11 is 0. The lowest BCUT2D eigenvalue weighted by Gasteiger charge is -2.36. The second-order valence-electron chi connectivity index (χ2n) is 6.19. The summed E-state index contributed by atoms with van der Waals surface area (Å²) in [6.07, 6.45) is 3.78. The fourth-order valence-corrected chi connectivity index (χ4v) is 4.33. The standard InChI is InChI=1S/C15H25NOS2Si/c1-7-13(12-17-20(5,6)15(2,3)4)18-19-14-10-8-9-11-16-14/h7-11,13H,1,12H2,2-6H3. The summed E-state index contributed by atoms with van der Waals surface area (Å²) in [5.41, 5.74) is 0. The van der Waals surface area contributed by atoms with Gasteiger partial charge >= 0.3 is 0 Å². The number of rotatable bonds is 7. The van der Waals surface area contributed by atoms with Crippen molar-refractivity contribution in [3.8, 4) is 0 Å². The number of nitrogens with zero attached hydrogens (tertiary/aromatic N) is 1. The van der Waals surface area contributed by atoms with E-state index in [9.17, 15) is 0 Å². The highest BCUT2D eigenvalue weighted by Gasteiger charge is 2.37. The summed E-state index contributed by atoms with van der Waals surface area (Å²) in [7, 11) is 1.76. The minimum absolute atomic E-state index is 0.248. The Morgan fingerprint density at radius 2 is 2.10 bits per heavy atom. The van der Waals surface area contributed by atoms with Crippen LogP contribution in [-0.4, -0.2) is 25.2 Å². The third-order valence-electron chi connectivity index (χ3n) is 3.57. The SMILES string of the molecule is C=CC(CO[Si](C)(C)C(C)(C)C)SSc1ccccn1. The first-order chi connectivity index (χ1) is 9.26. The van der Waals surface area contributed by atoms with Crippen molar-refractivity contribution in [1.29, 1.82) is 0 Å². The molecule has 0 fully saturated rings. The van der Waals surface area contributed by atoms with Crippen LogP contribution in [-0.2, 0) is 4.43 Å². The molecule has 1 unspecified atom stereocenters. The Balaban J connectivity index is 2.46. The molecule has 0 bridgehead atoms. The summed E-state index contributed by atoms with van der Waals surface area (Å²) < 4.78 is 6.25. The Bertz CT molecular complexity index is 418. The highest BCUT2D eigenvalue weighted by molar-refractivity contribution is 8.77. The molecule has 1 aromatic heterocycles. The van der Waals surface area contributed by atoms with Gasteiger partial charge in [-0.05, 0) is 41.1 Å². The molecule has 0 saturated heterocycles. The van der Waals surface area contributed by atoms with Crippen LogP contribution in [0, 0.1) is 0 Å². The Morgan fingerprint density at radius 1 is 1.40 bits per heavy atom. The van der Waals surface area contributed by atoms with Crippen LogP contribution in [0.4, 0.5) is 0 Å². The van der Waals surface area contributed by atoms with Gasteiger partial charge in [0.2, 0.25) is 0 Å². The smallest absolute Gasteiger partial charge is 0.192 e. The van der Waals surface area contributed by atoms with E-state index in [0.29, 0.717) is 0 Å². The molecule has 0 radical (unpaired) electrons. The monoisotopic (exact) mass is 327 g/mol. The molecule has 0 N–H and O–H groups in total. The van der Waals surface area contributed by atoms with Gasteiger partial charge < -0.3 is 4.43 Å². The number of aromatic nitrogens is 1. The average molecular weight is 328 g/mol. The van der Waals surface area contributed by atoms with E-state index >= 15 is 0 Å². The van der Waals surface area contributed by atoms with E-state index in [-0.39, 0.29) is 10.3 Å². The van der Waals surface area contributed by atoms with Crippen molar-refractivity contribution >= 4 is 29.9 Å². The summed E-state index contributed by atoms with van der Waals surface area (Å²) in [4.78, 5) is 4.31. The van der Waals surface area contributed by atoms with Gasteiger partial charge in [-0.15, -0.1) is 6.58 Å². The van der Waals surface area contributed by atoms with Gasteiger partial charge in [0.15, 0.2) is 8.32 Å². The van der Waals surface area contributed by atoms with Crippen molar-refractivity contribution in [2.75, 3.05) is 6.61 Å². The molecule has 0 aliphatic rings. The highest BCUT2D eigenvalue weighted by atomic mass is 33.1. The zero-order chi connectivity index (χ0) is 15.2. The van der Waals surface area contributed by atoms with Gasteiger partial charge in [-0.1, -0.05) is 43.7 Å². The van der Waals surface area contributed by atoms with Gasteiger partial charge in [-0.2, -0.15) is 0 Å². The first-order valence-corrected chi connectivity index (χ1v) is 11.9. The second-order valence-corrected chi connectivity index (χ2v) is 13.5. The first-order valence-electron chi connectivity index (χ1n) is 6.77. The Morgan fingerprint density at radius 3 is 2.60 bits per heavy atom. The Hall–Kier alpha value is -0.233. The van der Waals surface area contributed by atoms with E-state index < -0.39 is 8.32 Å². The molecule has 1 rings (SSSR count). The van der Waals surface area contributed by atoms with Crippen molar-refractivity contribution < 1.29 is 4.43 Å². The third kappa shape index (κ3) is 5.64. The van der Waals surface area contributed by atoms with Crippen LogP contribution in [0.25, 0.3) is 0 Å². The molecule has 0 amide bonds. The third-order valence-corrected chi connectivity index (χ3v) is 10.7. The number of pyridine rings is 1. The second kappa shape index (κ2) is 7.68. The molecule has 2 nitrogen and oxygen atoms in total. The molecule has 112 valence electrons. The molecule has 1 heterocycles. The van der Waals surface area contributed by atoms with Gasteiger partial charge in [0, 0.05) is 6.20 Å². The van der Waals surface area contributed by atoms with Crippen molar-refractivity contribution in [2.45, 2.75) is 49.2 Å². The quantitative estimate of drug-likeness (QED) is 0.380. The summed E-state index contributed by atoms with van der Waals surface area (Å²) in [5.74, 6) is 0. The molecule has 20 heavy (non-hydrogen) atoms. The van der Waals surface area contributed by atoms with E-state index in [0.717, 1.165) is 11.6 Å². The van der Waals surface area contributed by atoms with E-state index in [1.54, 1.807) is 21.6 Å². The van der Waals surface area contributed by atoms with Crippen LogP contribution in [0.1, 0.15) is 20.8 Å².